The Hall–Kier alpha value is -2.89. The van der Waals surface area contributed by atoms with Crippen molar-refractivity contribution in [2.24, 2.45) is 0 Å². The summed E-state index contributed by atoms with van der Waals surface area (Å²) in [5.41, 5.74) is 1.04. The highest BCUT2D eigenvalue weighted by molar-refractivity contribution is 6.02. The van der Waals surface area contributed by atoms with E-state index in [1.807, 2.05) is 19.1 Å². The first-order valence-electron chi connectivity index (χ1n) is 9.04. The van der Waals surface area contributed by atoms with E-state index in [0.29, 0.717) is 12.3 Å². The van der Waals surface area contributed by atoms with Crippen LogP contribution in [-0.4, -0.2) is 43.0 Å². The molecule has 1 fully saturated rings. The van der Waals surface area contributed by atoms with E-state index in [9.17, 15) is 14.0 Å². The maximum Gasteiger partial charge on any atom is 0.325 e. The number of amides is 2. The Kier molecular flexibility index (Phi) is 5.74. The number of ether oxygens (including phenoxy) is 1. The van der Waals surface area contributed by atoms with Gasteiger partial charge in [0.15, 0.2) is 5.78 Å². The van der Waals surface area contributed by atoms with Gasteiger partial charge in [-0.2, -0.15) is 0 Å². The molecule has 0 bridgehead atoms. The van der Waals surface area contributed by atoms with E-state index in [0.717, 1.165) is 18.5 Å². The lowest BCUT2D eigenvalue weighted by Crippen LogP contribution is -2.39. The fourth-order valence-electron chi connectivity index (χ4n) is 3.36. The van der Waals surface area contributed by atoms with Crippen molar-refractivity contribution in [2.45, 2.75) is 25.8 Å². The fourth-order valence-corrected chi connectivity index (χ4v) is 3.36. The van der Waals surface area contributed by atoms with Gasteiger partial charge in [-0.05, 0) is 42.8 Å². The lowest BCUT2D eigenvalue weighted by atomic mass is 10.1. The molecule has 2 aromatic rings. The molecule has 2 amide bonds. The number of hydrogen-bond donors (Lipinski definition) is 0. The second-order valence-corrected chi connectivity index (χ2v) is 6.60. The molecular formula is C21H23FN2O3. The summed E-state index contributed by atoms with van der Waals surface area (Å²) in [5.74, 6) is -0.00672. The zero-order valence-corrected chi connectivity index (χ0v) is 15.5. The van der Waals surface area contributed by atoms with E-state index in [1.54, 1.807) is 35.1 Å². The van der Waals surface area contributed by atoms with Crippen LogP contribution in [0.15, 0.2) is 48.5 Å². The van der Waals surface area contributed by atoms with Crippen molar-refractivity contribution in [3.63, 3.8) is 0 Å². The molecule has 1 aliphatic heterocycles. The van der Waals surface area contributed by atoms with Crippen LogP contribution >= 0.6 is 0 Å². The molecule has 1 saturated heterocycles. The molecule has 27 heavy (non-hydrogen) atoms. The van der Waals surface area contributed by atoms with Crippen molar-refractivity contribution in [2.75, 3.05) is 25.1 Å². The highest BCUT2D eigenvalue weighted by Crippen LogP contribution is 2.28. The lowest BCUT2D eigenvalue weighted by molar-refractivity contribution is 0.0935. The molecule has 0 spiro atoms. The van der Waals surface area contributed by atoms with Gasteiger partial charge in [-0.1, -0.05) is 25.5 Å². The van der Waals surface area contributed by atoms with E-state index < -0.39 is 5.82 Å². The quantitative estimate of drug-likeness (QED) is 0.689. The van der Waals surface area contributed by atoms with Gasteiger partial charge in [0.05, 0.1) is 19.7 Å². The van der Waals surface area contributed by atoms with Crippen LogP contribution in [0.25, 0.3) is 0 Å². The number of nitrogens with zero attached hydrogens (tertiary/aromatic N) is 2. The number of methoxy groups -OCH3 is 1. The number of Topliss-reactive ketones (excluding diaryl/α,β-unsaturated/α-hetero) is 1. The van der Waals surface area contributed by atoms with Crippen molar-refractivity contribution in [1.82, 2.24) is 4.90 Å². The molecule has 2 aromatic carbocycles. The monoisotopic (exact) mass is 370 g/mol. The first-order valence-corrected chi connectivity index (χ1v) is 9.04. The van der Waals surface area contributed by atoms with Crippen LogP contribution in [0.3, 0.4) is 0 Å². The molecule has 6 heteroatoms. The molecule has 1 aliphatic rings. The van der Waals surface area contributed by atoms with Crippen molar-refractivity contribution in [1.29, 1.82) is 0 Å². The number of urea groups is 1. The highest BCUT2D eigenvalue weighted by Gasteiger charge is 2.38. The van der Waals surface area contributed by atoms with Gasteiger partial charge in [-0.3, -0.25) is 9.69 Å². The highest BCUT2D eigenvalue weighted by atomic mass is 19.1. The second-order valence-electron chi connectivity index (χ2n) is 6.60. The third-order valence-corrected chi connectivity index (χ3v) is 4.78. The van der Waals surface area contributed by atoms with Gasteiger partial charge in [0, 0.05) is 17.8 Å². The average Bonchev–Trinajstić information content (AvgIpc) is 2.98. The molecule has 1 atom stereocenters. The molecule has 3 rings (SSSR count). The van der Waals surface area contributed by atoms with Gasteiger partial charge in [-0.15, -0.1) is 0 Å². The fraction of sp³-hybridized carbons (Fsp3) is 0.333. The predicted molar refractivity (Wildman–Crippen MR) is 102 cm³/mol. The van der Waals surface area contributed by atoms with Crippen molar-refractivity contribution < 1.29 is 18.7 Å². The van der Waals surface area contributed by atoms with Crippen LogP contribution in [0.5, 0.6) is 5.75 Å². The Balaban J connectivity index is 1.80. The number of halogens is 1. The van der Waals surface area contributed by atoms with Gasteiger partial charge < -0.3 is 9.64 Å². The van der Waals surface area contributed by atoms with Gasteiger partial charge in [0.25, 0.3) is 0 Å². The van der Waals surface area contributed by atoms with Crippen LogP contribution in [0, 0.1) is 5.82 Å². The van der Waals surface area contributed by atoms with Crippen LogP contribution in [0.1, 0.15) is 30.1 Å². The Morgan fingerprint density at radius 1 is 1.22 bits per heavy atom. The van der Waals surface area contributed by atoms with Crippen molar-refractivity contribution in [3.8, 4) is 5.75 Å². The normalized spacial score (nSPS) is 16.7. The summed E-state index contributed by atoms with van der Waals surface area (Å²) in [6, 6.07) is 12.6. The standard InChI is InChI=1S/C21H23FN2O3/c1-3-5-18-13-23(17-8-10-19(27-2)11-9-17)21(26)24(18)14-20(25)15-6-4-7-16(22)12-15/h4,6-12,18H,3,5,13-14H2,1-2H3/t18-/m0/s1. The van der Waals surface area contributed by atoms with Crippen LogP contribution in [0.4, 0.5) is 14.9 Å². The number of rotatable bonds is 7. The summed E-state index contributed by atoms with van der Waals surface area (Å²) < 4.78 is 18.6. The van der Waals surface area contributed by atoms with Gasteiger partial charge >= 0.3 is 6.03 Å². The average molecular weight is 370 g/mol. The van der Waals surface area contributed by atoms with Crippen LogP contribution in [-0.2, 0) is 0 Å². The number of carbonyl (C=O) groups excluding carboxylic acids is 2. The van der Waals surface area contributed by atoms with Crippen molar-refractivity contribution in [3.05, 3.63) is 59.9 Å². The summed E-state index contributed by atoms with van der Waals surface area (Å²) >= 11 is 0. The maximum absolute atomic E-state index is 13.4. The third kappa shape index (κ3) is 4.10. The molecule has 0 aromatic heterocycles. The molecule has 0 radical (unpaired) electrons. The van der Waals surface area contributed by atoms with E-state index >= 15 is 0 Å². The lowest BCUT2D eigenvalue weighted by Gasteiger charge is -2.22. The minimum absolute atomic E-state index is 0.0536. The Labute approximate surface area is 158 Å². The first kappa shape index (κ1) is 18.9. The summed E-state index contributed by atoms with van der Waals surface area (Å²) in [4.78, 5) is 28.8. The number of hydrogen-bond acceptors (Lipinski definition) is 3. The largest absolute Gasteiger partial charge is 0.497 e. The predicted octanol–water partition coefficient (Wildman–Crippen LogP) is 4.13. The van der Waals surface area contributed by atoms with Gasteiger partial charge in [-0.25, -0.2) is 9.18 Å². The minimum atomic E-state index is -0.460. The van der Waals surface area contributed by atoms with E-state index in [2.05, 4.69) is 0 Å². The summed E-state index contributed by atoms with van der Waals surface area (Å²) in [6.07, 6.45) is 1.70. The summed E-state index contributed by atoms with van der Waals surface area (Å²) in [7, 11) is 1.59. The van der Waals surface area contributed by atoms with E-state index in [4.69, 9.17) is 4.74 Å². The van der Waals surface area contributed by atoms with Crippen LogP contribution in [0.2, 0.25) is 0 Å². The molecule has 0 saturated carbocycles. The first-order chi connectivity index (χ1) is 13.0. The molecule has 142 valence electrons. The van der Waals surface area contributed by atoms with Gasteiger partial charge in [0.1, 0.15) is 11.6 Å². The molecule has 0 aliphatic carbocycles. The molecular weight excluding hydrogens is 347 g/mol. The number of carbonyl (C=O) groups is 2. The Bertz CT molecular complexity index is 822. The molecule has 1 heterocycles. The SMILES string of the molecule is CCC[C@H]1CN(c2ccc(OC)cc2)C(=O)N1CC(=O)c1cccc(F)c1. The molecule has 5 nitrogen and oxygen atoms in total. The third-order valence-electron chi connectivity index (χ3n) is 4.78. The molecule has 0 N–H and O–H groups in total. The molecule has 0 unspecified atom stereocenters. The Morgan fingerprint density at radius 3 is 2.59 bits per heavy atom. The van der Waals surface area contributed by atoms with E-state index in [1.165, 1.54) is 18.2 Å². The zero-order chi connectivity index (χ0) is 19.4. The number of benzene rings is 2. The van der Waals surface area contributed by atoms with Gasteiger partial charge in [0.2, 0.25) is 0 Å². The van der Waals surface area contributed by atoms with E-state index in [-0.39, 0.29) is 30.0 Å². The zero-order valence-electron chi connectivity index (χ0n) is 15.5. The minimum Gasteiger partial charge on any atom is -0.497 e. The summed E-state index contributed by atoms with van der Waals surface area (Å²) in [6.45, 7) is 2.52. The topological polar surface area (TPSA) is 49.9 Å². The Morgan fingerprint density at radius 2 is 1.96 bits per heavy atom. The summed E-state index contributed by atoms with van der Waals surface area (Å²) in [5, 5.41) is 0. The second kappa shape index (κ2) is 8.20. The maximum atomic E-state index is 13.4. The smallest absolute Gasteiger partial charge is 0.325 e. The van der Waals surface area contributed by atoms with Crippen LogP contribution < -0.4 is 9.64 Å². The van der Waals surface area contributed by atoms with Crippen molar-refractivity contribution >= 4 is 17.5 Å². The number of anilines is 1. The number of ketones is 1.